The highest BCUT2D eigenvalue weighted by molar-refractivity contribution is 4.63. The van der Waals surface area contributed by atoms with E-state index in [1.807, 2.05) is 6.92 Å². The van der Waals surface area contributed by atoms with Gasteiger partial charge in [0.25, 0.3) is 0 Å². The van der Waals surface area contributed by atoms with Crippen LogP contribution in [0.3, 0.4) is 0 Å². The zero-order valence-electron chi connectivity index (χ0n) is 18.2. The maximum Gasteiger partial charge on any atom is 0.0599 e. The number of hydrogen-bond acceptors (Lipinski definition) is 2. The van der Waals surface area contributed by atoms with Crippen LogP contribution < -0.4 is 0 Å². The second-order valence-electron chi connectivity index (χ2n) is 7.96. The fourth-order valence-electron chi connectivity index (χ4n) is 3.43. The van der Waals surface area contributed by atoms with Gasteiger partial charge >= 0.3 is 0 Å². The van der Waals surface area contributed by atoms with Crippen LogP contribution in [0.2, 0.25) is 0 Å². The lowest BCUT2D eigenvalue weighted by molar-refractivity contribution is 0.0106. The van der Waals surface area contributed by atoms with Crippen molar-refractivity contribution in [1.29, 1.82) is 0 Å². The van der Waals surface area contributed by atoms with Crippen LogP contribution in [-0.2, 0) is 4.74 Å². The van der Waals surface area contributed by atoms with Gasteiger partial charge in [-0.25, -0.2) is 0 Å². The third-order valence-corrected chi connectivity index (χ3v) is 5.09. The zero-order chi connectivity index (χ0) is 18.6. The van der Waals surface area contributed by atoms with Crippen molar-refractivity contribution in [2.45, 2.75) is 142 Å². The first-order chi connectivity index (χ1) is 12.2. The average Bonchev–Trinajstić information content (AvgIpc) is 2.58. The number of aliphatic hydroxyl groups excluding tert-OH is 1. The molecule has 0 aromatic carbocycles. The van der Waals surface area contributed by atoms with E-state index in [0.29, 0.717) is 0 Å². The molecule has 0 fully saturated rings. The van der Waals surface area contributed by atoms with Gasteiger partial charge < -0.3 is 15.3 Å². The SMILES string of the molecule is CCCCCCCCCCCCCCCC(CC(C)O)OCCCC.O. The molecule has 0 spiro atoms. The van der Waals surface area contributed by atoms with Gasteiger partial charge in [0.05, 0.1) is 12.2 Å². The summed E-state index contributed by atoms with van der Waals surface area (Å²) < 4.78 is 5.94. The van der Waals surface area contributed by atoms with E-state index in [4.69, 9.17) is 4.74 Å². The Hall–Kier alpha value is -0.120. The molecule has 0 rings (SSSR count). The maximum absolute atomic E-state index is 9.60. The van der Waals surface area contributed by atoms with E-state index in [1.165, 1.54) is 89.9 Å². The Bertz CT molecular complexity index is 244. The number of unbranched alkanes of at least 4 members (excludes halogenated alkanes) is 13. The third-order valence-electron chi connectivity index (χ3n) is 5.09. The van der Waals surface area contributed by atoms with Gasteiger partial charge in [-0.05, 0) is 26.2 Å². The predicted octanol–water partition coefficient (Wildman–Crippen LogP) is 6.60. The van der Waals surface area contributed by atoms with E-state index in [1.54, 1.807) is 0 Å². The first-order valence-electron chi connectivity index (χ1n) is 11.5. The van der Waals surface area contributed by atoms with E-state index in [0.717, 1.165) is 25.9 Å². The summed E-state index contributed by atoms with van der Waals surface area (Å²) in [7, 11) is 0. The van der Waals surface area contributed by atoms with E-state index in [9.17, 15) is 5.11 Å². The summed E-state index contributed by atoms with van der Waals surface area (Å²) in [5, 5.41) is 9.60. The Morgan fingerprint density at radius 1 is 0.654 bits per heavy atom. The Morgan fingerprint density at radius 3 is 1.50 bits per heavy atom. The second-order valence-corrected chi connectivity index (χ2v) is 7.96. The van der Waals surface area contributed by atoms with Gasteiger partial charge in [-0.3, -0.25) is 0 Å². The highest BCUT2D eigenvalue weighted by atomic mass is 16.5. The molecule has 0 aliphatic heterocycles. The Balaban J connectivity index is 0. The van der Waals surface area contributed by atoms with Crippen LogP contribution in [0, 0.1) is 0 Å². The molecule has 0 heterocycles. The highest BCUT2D eigenvalue weighted by Gasteiger charge is 2.11. The molecular weight excluding hydrogens is 324 g/mol. The van der Waals surface area contributed by atoms with Crippen molar-refractivity contribution in [1.82, 2.24) is 0 Å². The first kappa shape index (κ1) is 28.1. The summed E-state index contributed by atoms with van der Waals surface area (Å²) in [5.41, 5.74) is 0. The van der Waals surface area contributed by atoms with Crippen molar-refractivity contribution in [2.75, 3.05) is 6.61 Å². The molecule has 160 valence electrons. The van der Waals surface area contributed by atoms with Crippen LogP contribution >= 0.6 is 0 Å². The molecule has 0 saturated carbocycles. The Kier molecular flexibility index (Phi) is 24.8. The zero-order valence-corrected chi connectivity index (χ0v) is 18.2. The lowest BCUT2D eigenvalue weighted by Crippen LogP contribution is -2.19. The van der Waals surface area contributed by atoms with Gasteiger partial charge in [-0.1, -0.05) is 104 Å². The van der Waals surface area contributed by atoms with E-state index in [-0.39, 0.29) is 17.7 Å². The fraction of sp³-hybridized carbons (Fsp3) is 1.00. The van der Waals surface area contributed by atoms with Crippen molar-refractivity contribution in [3.8, 4) is 0 Å². The number of hydrogen-bond donors (Lipinski definition) is 1. The van der Waals surface area contributed by atoms with Gasteiger partial charge in [0, 0.05) is 6.61 Å². The van der Waals surface area contributed by atoms with Crippen LogP contribution in [0.4, 0.5) is 0 Å². The van der Waals surface area contributed by atoms with Crippen LogP contribution in [0.25, 0.3) is 0 Å². The Morgan fingerprint density at radius 2 is 1.08 bits per heavy atom. The number of aliphatic hydroxyl groups is 1. The molecule has 0 aliphatic rings. The second kappa shape index (κ2) is 22.9. The molecule has 3 heteroatoms. The molecule has 2 unspecified atom stereocenters. The van der Waals surface area contributed by atoms with Crippen LogP contribution in [0.15, 0.2) is 0 Å². The first-order valence-corrected chi connectivity index (χ1v) is 11.5. The van der Waals surface area contributed by atoms with Crippen molar-refractivity contribution >= 4 is 0 Å². The molecule has 0 aliphatic carbocycles. The van der Waals surface area contributed by atoms with E-state index in [2.05, 4.69) is 13.8 Å². The van der Waals surface area contributed by atoms with Crippen molar-refractivity contribution in [3.63, 3.8) is 0 Å². The molecule has 0 bridgehead atoms. The standard InChI is InChI=1S/C23H48O2.H2O/c1-4-6-8-9-10-11-12-13-14-15-16-17-18-19-23(21-22(3)24)25-20-7-5-2;/h22-24H,4-21H2,1-3H3;1H2. The minimum Gasteiger partial charge on any atom is -0.412 e. The van der Waals surface area contributed by atoms with Crippen LogP contribution in [0.5, 0.6) is 0 Å². The monoisotopic (exact) mass is 374 g/mol. The van der Waals surface area contributed by atoms with Gasteiger partial charge in [-0.2, -0.15) is 0 Å². The van der Waals surface area contributed by atoms with Gasteiger partial charge in [0.1, 0.15) is 0 Å². The molecule has 0 saturated heterocycles. The van der Waals surface area contributed by atoms with Gasteiger partial charge in [-0.15, -0.1) is 0 Å². The predicted molar refractivity (Wildman–Crippen MR) is 115 cm³/mol. The topological polar surface area (TPSA) is 61.0 Å². The van der Waals surface area contributed by atoms with Crippen molar-refractivity contribution in [2.24, 2.45) is 0 Å². The molecule has 3 nitrogen and oxygen atoms in total. The number of ether oxygens (including phenoxy) is 1. The van der Waals surface area contributed by atoms with E-state index < -0.39 is 0 Å². The molecular formula is C23H50O3. The van der Waals surface area contributed by atoms with Gasteiger partial charge in [0.2, 0.25) is 0 Å². The molecule has 0 aromatic rings. The minimum absolute atomic E-state index is 0. The summed E-state index contributed by atoms with van der Waals surface area (Å²) in [6.07, 6.45) is 22.4. The molecule has 0 aromatic heterocycles. The number of rotatable bonds is 20. The smallest absolute Gasteiger partial charge is 0.0599 e. The fourth-order valence-corrected chi connectivity index (χ4v) is 3.43. The summed E-state index contributed by atoms with van der Waals surface area (Å²) in [5.74, 6) is 0. The van der Waals surface area contributed by atoms with Crippen molar-refractivity contribution in [3.05, 3.63) is 0 Å². The lowest BCUT2D eigenvalue weighted by Gasteiger charge is -2.19. The van der Waals surface area contributed by atoms with Crippen LogP contribution in [0.1, 0.15) is 130 Å². The lowest BCUT2D eigenvalue weighted by atomic mass is 10.0. The quantitative estimate of drug-likeness (QED) is 0.244. The summed E-state index contributed by atoms with van der Waals surface area (Å²) >= 11 is 0. The largest absolute Gasteiger partial charge is 0.412 e. The van der Waals surface area contributed by atoms with Crippen molar-refractivity contribution < 1.29 is 15.3 Å². The van der Waals surface area contributed by atoms with Gasteiger partial charge in [0.15, 0.2) is 0 Å². The Labute approximate surface area is 164 Å². The molecule has 0 amide bonds. The highest BCUT2D eigenvalue weighted by Crippen LogP contribution is 2.16. The van der Waals surface area contributed by atoms with Crippen LogP contribution in [-0.4, -0.2) is 29.4 Å². The summed E-state index contributed by atoms with van der Waals surface area (Å²) in [6, 6.07) is 0. The maximum atomic E-state index is 9.60. The molecule has 3 N–H and O–H groups in total. The third kappa shape index (κ3) is 21.9. The molecule has 0 radical (unpaired) electrons. The molecule has 26 heavy (non-hydrogen) atoms. The summed E-state index contributed by atoms with van der Waals surface area (Å²) in [4.78, 5) is 0. The minimum atomic E-state index is -0.242. The average molecular weight is 375 g/mol. The van der Waals surface area contributed by atoms with E-state index >= 15 is 0 Å². The molecule has 2 atom stereocenters. The summed E-state index contributed by atoms with van der Waals surface area (Å²) in [6.45, 7) is 7.21. The normalized spacial score (nSPS) is 13.4.